The summed E-state index contributed by atoms with van der Waals surface area (Å²) < 4.78 is 0. The molecule has 1 aliphatic carbocycles. The Morgan fingerprint density at radius 2 is 2.12 bits per heavy atom. The molecule has 1 fully saturated rings. The van der Waals surface area contributed by atoms with Gasteiger partial charge < -0.3 is 16.3 Å². The number of amidine groups is 1. The number of oxime groups is 1. The Labute approximate surface area is 102 Å². The van der Waals surface area contributed by atoms with Gasteiger partial charge in [0.05, 0.1) is 5.92 Å². The second kappa shape index (κ2) is 6.47. The molecule has 1 saturated carbocycles. The lowest BCUT2D eigenvalue weighted by atomic mass is 10.0. The zero-order valence-corrected chi connectivity index (χ0v) is 10.6. The molecule has 0 radical (unpaired) electrons. The fourth-order valence-electron chi connectivity index (χ4n) is 1.98. The van der Waals surface area contributed by atoms with Crippen LogP contribution in [0, 0.1) is 11.8 Å². The van der Waals surface area contributed by atoms with Crippen molar-refractivity contribution in [3.8, 4) is 0 Å². The third kappa shape index (κ3) is 4.24. The molecule has 2 atom stereocenters. The topological polar surface area (TPSA) is 87.7 Å². The van der Waals surface area contributed by atoms with E-state index in [9.17, 15) is 4.79 Å². The van der Waals surface area contributed by atoms with E-state index < -0.39 is 5.92 Å². The van der Waals surface area contributed by atoms with Gasteiger partial charge in [-0.1, -0.05) is 31.8 Å². The Morgan fingerprint density at radius 1 is 1.47 bits per heavy atom. The summed E-state index contributed by atoms with van der Waals surface area (Å²) in [7, 11) is 0. The van der Waals surface area contributed by atoms with E-state index in [1.807, 2.05) is 6.92 Å². The molecule has 5 nitrogen and oxygen atoms in total. The molecule has 0 bridgehead atoms. The second-order valence-corrected chi connectivity index (χ2v) is 4.78. The molecule has 1 amide bonds. The Bertz CT molecular complexity index is 287. The van der Waals surface area contributed by atoms with E-state index in [1.165, 1.54) is 12.8 Å². The smallest absolute Gasteiger partial charge is 0.231 e. The van der Waals surface area contributed by atoms with Crippen molar-refractivity contribution in [2.24, 2.45) is 22.7 Å². The van der Waals surface area contributed by atoms with E-state index in [0.717, 1.165) is 18.8 Å². The van der Waals surface area contributed by atoms with Crippen molar-refractivity contribution in [3.63, 3.8) is 0 Å². The third-order valence-electron chi connectivity index (χ3n) is 3.35. The maximum atomic E-state index is 12.0. The van der Waals surface area contributed by atoms with Gasteiger partial charge in [0.25, 0.3) is 0 Å². The van der Waals surface area contributed by atoms with Crippen molar-refractivity contribution in [3.05, 3.63) is 0 Å². The lowest BCUT2D eigenvalue weighted by molar-refractivity contribution is -0.124. The molecule has 98 valence electrons. The Morgan fingerprint density at radius 3 is 2.53 bits per heavy atom. The molecule has 4 N–H and O–H groups in total. The van der Waals surface area contributed by atoms with Crippen LogP contribution in [0.5, 0.6) is 0 Å². The van der Waals surface area contributed by atoms with E-state index in [1.54, 1.807) is 0 Å². The molecule has 2 unspecified atom stereocenters. The van der Waals surface area contributed by atoms with Crippen LogP contribution in [0.1, 0.15) is 46.0 Å². The first-order valence-electron chi connectivity index (χ1n) is 6.40. The van der Waals surface area contributed by atoms with E-state index in [0.29, 0.717) is 6.42 Å². The molecule has 0 aromatic carbocycles. The largest absolute Gasteiger partial charge is 0.409 e. The number of hydrogen-bond donors (Lipinski definition) is 3. The van der Waals surface area contributed by atoms with Crippen molar-refractivity contribution in [2.45, 2.75) is 52.0 Å². The van der Waals surface area contributed by atoms with Crippen LogP contribution in [0.15, 0.2) is 5.16 Å². The summed E-state index contributed by atoms with van der Waals surface area (Å²) in [5.74, 6) is 0.124. The first-order chi connectivity index (χ1) is 8.12. The first kappa shape index (κ1) is 13.8. The number of nitrogens with one attached hydrogen (secondary N) is 1. The van der Waals surface area contributed by atoms with Gasteiger partial charge in [-0.3, -0.25) is 4.79 Å². The van der Waals surface area contributed by atoms with Crippen LogP contribution in [-0.2, 0) is 4.79 Å². The van der Waals surface area contributed by atoms with Crippen molar-refractivity contribution in [2.75, 3.05) is 0 Å². The predicted octanol–water partition coefficient (Wildman–Crippen LogP) is 1.45. The Kier molecular flexibility index (Phi) is 5.25. The number of hydrogen-bond acceptors (Lipinski definition) is 3. The molecule has 0 aliphatic heterocycles. The highest BCUT2D eigenvalue weighted by Crippen LogP contribution is 2.34. The normalized spacial score (nSPS) is 19.8. The van der Waals surface area contributed by atoms with E-state index >= 15 is 0 Å². The van der Waals surface area contributed by atoms with Gasteiger partial charge in [-0.25, -0.2) is 0 Å². The summed E-state index contributed by atoms with van der Waals surface area (Å²) in [6.07, 6.45) is 5.08. The van der Waals surface area contributed by atoms with Gasteiger partial charge >= 0.3 is 0 Å². The monoisotopic (exact) mass is 241 g/mol. The minimum atomic E-state index is -0.520. The summed E-state index contributed by atoms with van der Waals surface area (Å²) in [4.78, 5) is 12.0. The SMILES string of the molecule is CCC(CC1CC1)NC(=O)C(CC)C(N)=NO. The van der Waals surface area contributed by atoms with Gasteiger partial charge in [0, 0.05) is 6.04 Å². The Balaban J connectivity index is 2.48. The summed E-state index contributed by atoms with van der Waals surface area (Å²) in [5, 5.41) is 14.5. The van der Waals surface area contributed by atoms with Crippen LogP contribution < -0.4 is 11.1 Å². The van der Waals surface area contributed by atoms with Crippen molar-refractivity contribution >= 4 is 11.7 Å². The van der Waals surface area contributed by atoms with E-state index in [4.69, 9.17) is 10.9 Å². The molecular formula is C12H23N3O2. The minimum Gasteiger partial charge on any atom is -0.409 e. The molecule has 5 heteroatoms. The minimum absolute atomic E-state index is 0.00808. The fourth-order valence-corrected chi connectivity index (χ4v) is 1.98. The number of rotatable bonds is 7. The maximum Gasteiger partial charge on any atom is 0.231 e. The number of carbonyl (C=O) groups is 1. The van der Waals surface area contributed by atoms with Crippen LogP contribution in [0.3, 0.4) is 0 Å². The van der Waals surface area contributed by atoms with Crippen LogP contribution in [0.25, 0.3) is 0 Å². The second-order valence-electron chi connectivity index (χ2n) is 4.78. The number of nitrogens with two attached hydrogens (primary N) is 1. The van der Waals surface area contributed by atoms with Crippen LogP contribution in [-0.4, -0.2) is 23.0 Å². The number of amides is 1. The quantitative estimate of drug-likeness (QED) is 0.273. The molecular weight excluding hydrogens is 218 g/mol. The molecule has 1 aliphatic rings. The molecule has 1 rings (SSSR count). The first-order valence-corrected chi connectivity index (χ1v) is 6.40. The van der Waals surface area contributed by atoms with Crippen LogP contribution in [0.4, 0.5) is 0 Å². The molecule has 17 heavy (non-hydrogen) atoms. The fraction of sp³-hybridized carbons (Fsp3) is 0.833. The zero-order chi connectivity index (χ0) is 12.8. The highest BCUT2D eigenvalue weighted by Gasteiger charge is 2.28. The summed E-state index contributed by atoms with van der Waals surface area (Å²) in [6, 6.07) is 0.218. The average Bonchev–Trinajstić information content (AvgIpc) is 3.12. The van der Waals surface area contributed by atoms with Gasteiger partial charge in [0.2, 0.25) is 5.91 Å². The van der Waals surface area contributed by atoms with E-state index in [-0.39, 0.29) is 17.8 Å². The van der Waals surface area contributed by atoms with Crippen molar-refractivity contribution in [1.82, 2.24) is 5.32 Å². The highest BCUT2D eigenvalue weighted by molar-refractivity contribution is 6.02. The maximum absolute atomic E-state index is 12.0. The number of nitrogens with zero attached hydrogens (tertiary/aromatic N) is 1. The lowest BCUT2D eigenvalue weighted by Crippen LogP contribution is -2.43. The summed E-state index contributed by atoms with van der Waals surface area (Å²) in [5.41, 5.74) is 5.50. The van der Waals surface area contributed by atoms with E-state index in [2.05, 4.69) is 17.4 Å². The van der Waals surface area contributed by atoms with Crippen molar-refractivity contribution < 1.29 is 10.0 Å². The highest BCUT2D eigenvalue weighted by atomic mass is 16.4. The van der Waals surface area contributed by atoms with Gasteiger partial charge in [-0.05, 0) is 25.2 Å². The number of carbonyl (C=O) groups excluding carboxylic acids is 1. The third-order valence-corrected chi connectivity index (χ3v) is 3.35. The lowest BCUT2D eigenvalue weighted by Gasteiger charge is -2.20. The standard InChI is InChI=1S/C12H23N3O2/c1-3-9(7-8-5-6-8)14-12(16)10(4-2)11(13)15-17/h8-10,17H,3-7H2,1-2H3,(H2,13,15)(H,14,16). The molecule has 0 heterocycles. The molecule has 0 aromatic rings. The Hall–Kier alpha value is -1.26. The van der Waals surface area contributed by atoms with Gasteiger partial charge in [0.1, 0.15) is 0 Å². The van der Waals surface area contributed by atoms with Crippen LogP contribution in [0.2, 0.25) is 0 Å². The van der Waals surface area contributed by atoms with Crippen molar-refractivity contribution in [1.29, 1.82) is 0 Å². The summed E-state index contributed by atoms with van der Waals surface area (Å²) in [6.45, 7) is 3.92. The predicted molar refractivity (Wildman–Crippen MR) is 66.8 cm³/mol. The summed E-state index contributed by atoms with van der Waals surface area (Å²) >= 11 is 0. The zero-order valence-electron chi connectivity index (χ0n) is 10.6. The van der Waals surface area contributed by atoms with Crippen LogP contribution >= 0.6 is 0 Å². The average molecular weight is 241 g/mol. The van der Waals surface area contributed by atoms with Gasteiger partial charge in [0.15, 0.2) is 5.84 Å². The molecule has 0 spiro atoms. The molecule has 0 aromatic heterocycles. The molecule has 0 saturated heterocycles. The van der Waals surface area contributed by atoms with Gasteiger partial charge in [-0.2, -0.15) is 0 Å². The van der Waals surface area contributed by atoms with Gasteiger partial charge in [-0.15, -0.1) is 0 Å².